The average molecular weight is 607 g/mol. The molecule has 0 bridgehead atoms. The standard InChI is InChI=1S/C44H39BN2/c1-43(2,3)28-14-13-15-30(24-28)46-40-25-29(44(4,5)6)22-23-37(40)45-36-19-10-7-16-32(36)35-26-31(27-41(46)42(35)45)47-38-20-11-8-17-33(38)34-18-9-12-21-39(34)47/h7-27H,1-6H3. The van der Waals surface area contributed by atoms with Crippen LogP contribution in [0.5, 0.6) is 0 Å². The molecule has 47 heavy (non-hydrogen) atoms. The van der Waals surface area contributed by atoms with Gasteiger partial charge in [-0.25, -0.2) is 0 Å². The summed E-state index contributed by atoms with van der Waals surface area (Å²) in [5, 5.41) is 2.57. The van der Waals surface area contributed by atoms with Crippen molar-refractivity contribution in [1.82, 2.24) is 4.57 Å². The Bertz CT molecular complexity index is 2340. The highest BCUT2D eigenvalue weighted by Crippen LogP contribution is 2.44. The summed E-state index contributed by atoms with van der Waals surface area (Å²) in [6.07, 6.45) is 0. The van der Waals surface area contributed by atoms with Gasteiger partial charge in [0.05, 0.1) is 11.0 Å². The smallest absolute Gasteiger partial charge is 0.248 e. The summed E-state index contributed by atoms with van der Waals surface area (Å²) in [7, 11) is 0. The van der Waals surface area contributed by atoms with Crippen molar-refractivity contribution in [1.29, 1.82) is 0 Å². The molecule has 1 aromatic heterocycles. The van der Waals surface area contributed by atoms with Crippen molar-refractivity contribution in [2.24, 2.45) is 0 Å². The molecule has 0 radical (unpaired) electrons. The number of rotatable bonds is 2. The van der Waals surface area contributed by atoms with Gasteiger partial charge in [-0.3, -0.25) is 0 Å². The number of nitrogens with zero attached hydrogens (tertiary/aromatic N) is 2. The summed E-state index contributed by atoms with van der Waals surface area (Å²) in [4.78, 5) is 2.57. The molecule has 0 amide bonds. The van der Waals surface area contributed by atoms with Crippen molar-refractivity contribution in [2.75, 3.05) is 4.90 Å². The zero-order valence-corrected chi connectivity index (χ0v) is 28.1. The first-order chi connectivity index (χ1) is 22.6. The highest BCUT2D eigenvalue weighted by atomic mass is 15.2. The first-order valence-corrected chi connectivity index (χ1v) is 16.9. The van der Waals surface area contributed by atoms with Crippen molar-refractivity contribution >= 4 is 62.0 Å². The molecule has 2 aliphatic heterocycles. The number of anilines is 3. The summed E-state index contributed by atoms with van der Waals surface area (Å²) in [5.41, 5.74) is 17.0. The number of hydrogen-bond acceptors (Lipinski definition) is 1. The van der Waals surface area contributed by atoms with Crippen LogP contribution in [-0.4, -0.2) is 11.3 Å². The molecule has 0 spiro atoms. The lowest BCUT2D eigenvalue weighted by Crippen LogP contribution is -2.54. The van der Waals surface area contributed by atoms with E-state index in [2.05, 4.69) is 178 Å². The van der Waals surface area contributed by atoms with Crippen molar-refractivity contribution in [3.63, 3.8) is 0 Å². The second kappa shape index (κ2) is 9.75. The van der Waals surface area contributed by atoms with Gasteiger partial charge in [-0.15, -0.1) is 0 Å². The maximum Gasteiger partial charge on any atom is 0.248 e. The largest absolute Gasteiger partial charge is 0.311 e. The van der Waals surface area contributed by atoms with Gasteiger partial charge in [-0.2, -0.15) is 0 Å². The highest BCUT2D eigenvalue weighted by molar-refractivity contribution is 7.01. The van der Waals surface area contributed by atoms with E-state index in [-0.39, 0.29) is 17.5 Å². The SMILES string of the molecule is CC(C)(C)c1cccc(N2c3cc(C(C)(C)C)ccc3B3c4ccccc4-c4cc(-n5c6ccccc6c6ccccc65)cc2c43)c1. The van der Waals surface area contributed by atoms with Crippen LogP contribution < -0.4 is 21.3 Å². The van der Waals surface area contributed by atoms with Crippen molar-refractivity contribution in [3.8, 4) is 16.8 Å². The maximum absolute atomic E-state index is 2.57. The third kappa shape index (κ3) is 4.12. The molecular weight excluding hydrogens is 567 g/mol. The third-order valence-electron chi connectivity index (χ3n) is 10.5. The molecule has 7 aromatic rings. The molecule has 0 saturated heterocycles. The van der Waals surface area contributed by atoms with Crippen LogP contribution in [-0.2, 0) is 10.8 Å². The molecular formula is C44H39BN2. The summed E-state index contributed by atoms with van der Waals surface area (Å²) >= 11 is 0. The highest BCUT2D eigenvalue weighted by Gasteiger charge is 2.43. The van der Waals surface area contributed by atoms with E-state index >= 15 is 0 Å². The van der Waals surface area contributed by atoms with Gasteiger partial charge in [0.2, 0.25) is 6.71 Å². The normalized spacial score (nSPS) is 13.7. The molecule has 9 rings (SSSR count). The predicted octanol–water partition coefficient (Wildman–Crippen LogP) is 9.66. The molecule has 2 aliphatic rings. The van der Waals surface area contributed by atoms with Crippen LogP contribution >= 0.6 is 0 Å². The lowest BCUT2D eigenvalue weighted by Gasteiger charge is -2.38. The van der Waals surface area contributed by atoms with Gasteiger partial charge < -0.3 is 9.47 Å². The Morgan fingerprint density at radius 2 is 1.11 bits per heavy atom. The minimum Gasteiger partial charge on any atom is -0.311 e. The second-order valence-corrected chi connectivity index (χ2v) is 15.5. The van der Waals surface area contributed by atoms with E-state index in [0.29, 0.717) is 0 Å². The average Bonchev–Trinajstić information content (AvgIpc) is 3.58. The molecule has 3 heterocycles. The number of benzene rings is 6. The Labute approximate surface area is 278 Å². The van der Waals surface area contributed by atoms with Crippen molar-refractivity contribution in [3.05, 3.63) is 139 Å². The van der Waals surface area contributed by atoms with Crippen LogP contribution in [0.15, 0.2) is 127 Å². The van der Waals surface area contributed by atoms with E-state index in [1.165, 1.54) is 83.2 Å². The second-order valence-electron chi connectivity index (χ2n) is 15.5. The van der Waals surface area contributed by atoms with Gasteiger partial charge in [0.1, 0.15) is 0 Å². The summed E-state index contributed by atoms with van der Waals surface area (Å²) < 4.78 is 2.47. The fourth-order valence-corrected chi connectivity index (χ4v) is 8.10. The quantitative estimate of drug-likeness (QED) is 0.178. The molecule has 6 aromatic carbocycles. The van der Waals surface area contributed by atoms with E-state index in [1.54, 1.807) is 0 Å². The number of hydrogen-bond donors (Lipinski definition) is 0. The summed E-state index contributed by atoms with van der Waals surface area (Å²) in [6.45, 7) is 14.1. The van der Waals surface area contributed by atoms with Crippen LogP contribution in [0, 0.1) is 0 Å². The lowest BCUT2D eigenvalue weighted by atomic mass is 9.37. The van der Waals surface area contributed by atoms with Crippen molar-refractivity contribution < 1.29 is 0 Å². The monoisotopic (exact) mass is 606 g/mol. The van der Waals surface area contributed by atoms with E-state index in [4.69, 9.17) is 0 Å². The Hall–Kier alpha value is -5.02. The third-order valence-corrected chi connectivity index (χ3v) is 10.5. The van der Waals surface area contributed by atoms with Gasteiger partial charge in [-0.05, 0) is 86.5 Å². The molecule has 3 heteroatoms. The fraction of sp³-hybridized carbons (Fsp3) is 0.182. The molecule has 0 atom stereocenters. The maximum atomic E-state index is 2.57. The van der Waals surface area contributed by atoms with Gasteiger partial charge in [0, 0.05) is 33.5 Å². The first kappa shape index (κ1) is 28.2. The first-order valence-electron chi connectivity index (χ1n) is 16.9. The Morgan fingerprint density at radius 1 is 0.468 bits per heavy atom. The molecule has 0 aliphatic carbocycles. The predicted molar refractivity (Wildman–Crippen MR) is 203 cm³/mol. The Balaban J connectivity index is 1.41. The fourth-order valence-electron chi connectivity index (χ4n) is 8.10. The van der Waals surface area contributed by atoms with Crippen molar-refractivity contribution in [2.45, 2.75) is 52.4 Å². The van der Waals surface area contributed by atoms with Crippen LogP contribution in [0.3, 0.4) is 0 Å². The van der Waals surface area contributed by atoms with Crippen LogP contribution in [0.2, 0.25) is 0 Å². The van der Waals surface area contributed by atoms with E-state index in [9.17, 15) is 0 Å². The number of fused-ring (bicyclic) bond motifs is 8. The van der Waals surface area contributed by atoms with Gasteiger partial charge in [0.25, 0.3) is 0 Å². The van der Waals surface area contributed by atoms with Gasteiger partial charge >= 0.3 is 0 Å². The van der Waals surface area contributed by atoms with E-state index in [1.807, 2.05) is 0 Å². The zero-order valence-electron chi connectivity index (χ0n) is 28.1. The lowest BCUT2D eigenvalue weighted by molar-refractivity contribution is 0.590. The molecule has 2 nitrogen and oxygen atoms in total. The molecule has 0 saturated carbocycles. The van der Waals surface area contributed by atoms with Crippen LogP contribution in [0.25, 0.3) is 38.6 Å². The van der Waals surface area contributed by atoms with Crippen LogP contribution in [0.1, 0.15) is 52.7 Å². The minimum absolute atomic E-state index is 0.0256. The minimum atomic E-state index is 0.0256. The summed E-state index contributed by atoms with van der Waals surface area (Å²) in [6, 6.07) is 48.1. The van der Waals surface area contributed by atoms with E-state index < -0.39 is 0 Å². The van der Waals surface area contributed by atoms with Gasteiger partial charge in [-0.1, -0.05) is 132 Å². The summed E-state index contributed by atoms with van der Waals surface area (Å²) in [5.74, 6) is 0. The molecule has 0 fully saturated rings. The topological polar surface area (TPSA) is 8.17 Å². The molecule has 228 valence electrons. The number of para-hydroxylation sites is 2. The molecule has 0 N–H and O–H groups in total. The van der Waals surface area contributed by atoms with E-state index in [0.717, 1.165) is 0 Å². The van der Waals surface area contributed by atoms with Crippen LogP contribution in [0.4, 0.5) is 17.1 Å². The number of aromatic nitrogens is 1. The Morgan fingerprint density at radius 3 is 1.81 bits per heavy atom. The Kier molecular flexibility index (Phi) is 5.85. The molecule has 0 unspecified atom stereocenters. The van der Waals surface area contributed by atoms with Gasteiger partial charge in [0.15, 0.2) is 0 Å². The zero-order chi connectivity index (χ0) is 32.2.